The number of aliphatic hydroxyl groups excluding tert-OH is 1. The largest absolute Gasteiger partial charge is 0.391 e. The second-order valence-electron chi connectivity index (χ2n) is 6.10. The fourth-order valence-corrected chi connectivity index (χ4v) is 3.16. The molecule has 0 saturated carbocycles. The summed E-state index contributed by atoms with van der Waals surface area (Å²) in [6, 6.07) is 13.3. The van der Waals surface area contributed by atoms with E-state index < -0.39 is 0 Å². The molecule has 6 nitrogen and oxygen atoms in total. The molecule has 0 unspecified atom stereocenters. The second-order valence-corrected chi connectivity index (χ2v) is 6.10. The molecular formula is C18H18N4O2. The maximum absolute atomic E-state index is 12.7. The summed E-state index contributed by atoms with van der Waals surface area (Å²) < 4.78 is 1.54. The van der Waals surface area contributed by atoms with E-state index in [2.05, 4.69) is 9.97 Å². The van der Waals surface area contributed by atoms with Crippen LogP contribution in [0.15, 0.2) is 47.3 Å². The number of aryl methyl sites for hydroxylation is 1. The molecule has 24 heavy (non-hydrogen) atoms. The van der Waals surface area contributed by atoms with Crippen LogP contribution in [0.2, 0.25) is 0 Å². The van der Waals surface area contributed by atoms with Crippen molar-refractivity contribution in [2.24, 2.45) is 0 Å². The Labute approximate surface area is 139 Å². The summed E-state index contributed by atoms with van der Waals surface area (Å²) in [5.74, 6) is 0.603. The number of pyridine rings is 1. The lowest BCUT2D eigenvalue weighted by molar-refractivity contribution is 0.198. The van der Waals surface area contributed by atoms with Crippen molar-refractivity contribution < 1.29 is 5.11 Å². The fraction of sp³-hybridized carbons (Fsp3) is 0.278. The van der Waals surface area contributed by atoms with Crippen molar-refractivity contribution >= 4 is 16.9 Å². The minimum Gasteiger partial charge on any atom is -0.391 e. The first-order valence-corrected chi connectivity index (χ1v) is 8.02. The summed E-state index contributed by atoms with van der Waals surface area (Å²) in [5.41, 5.74) is 1.82. The lowest BCUT2D eigenvalue weighted by Crippen LogP contribution is -2.29. The van der Waals surface area contributed by atoms with Crippen LogP contribution in [0.1, 0.15) is 12.1 Å². The molecule has 1 aliphatic rings. The summed E-state index contributed by atoms with van der Waals surface area (Å²) >= 11 is 0. The van der Waals surface area contributed by atoms with Crippen LogP contribution in [-0.2, 0) is 0 Å². The van der Waals surface area contributed by atoms with Gasteiger partial charge >= 0.3 is 5.69 Å². The Hall–Kier alpha value is -2.73. The topological polar surface area (TPSA) is 71.2 Å². The van der Waals surface area contributed by atoms with Gasteiger partial charge in [0.25, 0.3) is 0 Å². The van der Waals surface area contributed by atoms with Crippen LogP contribution in [0.3, 0.4) is 0 Å². The van der Waals surface area contributed by atoms with Crippen LogP contribution in [0.25, 0.3) is 16.7 Å². The van der Waals surface area contributed by atoms with Crippen LogP contribution >= 0.6 is 0 Å². The first kappa shape index (κ1) is 14.8. The van der Waals surface area contributed by atoms with Gasteiger partial charge in [-0.3, -0.25) is 0 Å². The predicted octanol–water partition coefficient (Wildman–Crippen LogP) is 1.66. The van der Waals surface area contributed by atoms with E-state index >= 15 is 0 Å². The number of nitrogens with zero attached hydrogens (tertiary/aromatic N) is 4. The smallest absolute Gasteiger partial charge is 0.355 e. The molecule has 1 N–H and O–H groups in total. The number of anilines is 1. The lowest BCUT2D eigenvalue weighted by Gasteiger charge is -2.20. The number of hydrogen-bond acceptors (Lipinski definition) is 5. The van der Waals surface area contributed by atoms with Gasteiger partial charge in [-0.1, -0.05) is 18.2 Å². The van der Waals surface area contributed by atoms with Gasteiger partial charge in [0.05, 0.1) is 17.2 Å². The monoisotopic (exact) mass is 322 g/mol. The molecule has 2 aromatic heterocycles. The highest BCUT2D eigenvalue weighted by Crippen LogP contribution is 2.26. The zero-order valence-electron chi connectivity index (χ0n) is 13.4. The highest BCUT2D eigenvalue weighted by Gasteiger charge is 2.25. The third-order valence-electron chi connectivity index (χ3n) is 4.34. The average Bonchev–Trinajstić information content (AvgIpc) is 3.01. The van der Waals surface area contributed by atoms with Crippen LogP contribution < -0.4 is 10.6 Å². The minimum absolute atomic E-state index is 0.358. The zero-order valence-corrected chi connectivity index (χ0v) is 13.4. The van der Waals surface area contributed by atoms with E-state index in [1.165, 1.54) is 0 Å². The SMILES string of the molecule is Cc1ccc2c(N3CC[C@@H](O)C3)nc(=O)n(-c3ccccc3)c2n1. The van der Waals surface area contributed by atoms with Crippen molar-refractivity contribution in [3.63, 3.8) is 0 Å². The van der Waals surface area contributed by atoms with E-state index in [4.69, 9.17) is 0 Å². The van der Waals surface area contributed by atoms with Crippen molar-refractivity contribution in [3.8, 4) is 5.69 Å². The zero-order chi connectivity index (χ0) is 16.7. The van der Waals surface area contributed by atoms with Crippen LogP contribution in [0.5, 0.6) is 0 Å². The molecule has 6 heteroatoms. The number of rotatable bonds is 2. The first-order chi connectivity index (χ1) is 11.6. The van der Waals surface area contributed by atoms with Gasteiger partial charge in [-0.15, -0.1) is 0 Å². The summed E-state index contributed by atoms with van der Waals surface area (Å²) in [6.45, 7) is 3.08. The summed E-state index contributed by atoms with van der Waals surface area (Å²) in [6.07, 6.45) is 0.307. The third-order valence-corrected chi connectivity index (χ3v) is 4.34. The fourth-order valence-electron chi connectivity index (χ4n) is 3.16. The van der Waals surface area contributed by atoms with Crippen LogP contribution in [-0.4, -0.2) is 38.8 Å². The Morgan fingerprint density at radius 1 is 1.12 bits per heavy atom. The number of hydrogen-bond donors (Lipinski definition) is 1. The van der Waals surface area contributed by atoms with Gasteiger partial charge in [-0.2, -0.15) is 4.98 Å². The number of fused-ring (bicyclic) bond motifs is 1. The van der Waals surface area contributed by atoms with Crippen molar-refractivity contribution in [3.05, 3.63) is 58.6 Å². The molecule has 1 fully saturated rings. The predicted molar refractivity (Wildman–Crippen MR) is 92.7 cm³/mol. The third kappa shape index (κ3) is 2.45. The van der Waals surface area contributed by atoms with E-state index in [0.717, 1.165) is 16.8 Å². The van der Waals surface area contributed by atoms with Gasteiger partial charge in [0.2, 0.25) is 0 Å². The highest BCUT2D eigenvalue weighted by atomic mass is 16.3. The molecule has 0 spiro atoms. The van der Waals surface area contributed by atoms with E-state index in [9.17, 15) is 9.90 Å². The Balaban J connectivity index is 2.00. The number of para-hydroxylation sites is 1. The van der Waals surface area contributed by atoms with Crippen molar-refractivity contribution in [2.75, 3.05) is 18.0 Å². The molecule has 3 heterocycles. The van der Waals surface area contributed by atoms with Gasteiger partial charge in [-0.05, 0) is 37.6 Å². The molecule has 0 amide bonds. The maximum atomic E-state index is 12.7. The van der Waals surface area contributed by atoms with E-state index in [-0.39, 0.29) is 11.8 Å². The van der Waals surface area contributed by atoms with Gasteiger partial charge < -0.3 is 10.0 Å². The molecule has 3 aromatic rings. The van der Waals surface area contributed by atoms with Crippen molar-refractivity contribution in [1.29, 1.82) is 0 Å². The van der Waals surface area contributed by atoms with Gasteiger partial charge in [-0.25, -0.2) is 14.3 Å². The maximum Gasteiger partial charge on any atom is 0.355 e. The molecule has 1 aromatic carbocycles. The number of benzene rings is 1. The summed E-state index contributed by atoms with van der Waals surface area (Å²) in [5, 5.41) is 10.6. The molecule has 122 valence electrons. The van der Waals surface area contributed by atoms with Crippen LogP contribution in [0.4, 0.5) is 5.82 Å². The normalized spacial score (nSPS) is 17.6. The summed E-state index contributed by atoms with van der Waals surface area (Å²) in [7, 11) is 0. The van der Waals surface area contributed by atoms with Gasteiger partial charge in [0.15, 0.2) is 5.65 Å². The molecule has 1 atom stereocenters. The van der Waals surface area contributed by atoms with E-state index in [1.54, 1.807) is 4.57 Å². The average molecular weight is 322 g/mol. The Morgan fingerprint density at radius 2 is 1.92 bits per heavy atom. The van der Waals surface area contributed by atoms with Crippen LogP contribution in [0, 0.1) is 6.92 Å². The first-order valence-electron chi connectivity index (χ1n) is 8.02. The Kier molecular flexibility index (Phi) is 3.54. The minimum atomic E-state index is -0.378. The number of aromatic nitrogens is 3. The molecule has 0 radical (unpaired) electrons. The molecule has 0 aliphatic carbocycles. The highest BCUT2D eigenvalue weighted by molar-refractivity contribution is 5.88. The van der Waals surface area contributed by atoms with Gasteiger partial charge in [0, 0.05) is 18.8 Å². The lowest BCUT2D eigenvalue weighted by atomic mass is 10.2. The standard InChI is InChI=1S/C18H18N4O2/c1-12-7-8-15-16(21-10-9-14(23)11-21)20-18(24)22(17(15)19-12)13-5-3-2-4-6-13/h2-8,14,23H,9-11H2,1H3/t14-/m1/s1. The Bertz CT molecular complexity index is 952. The van der Waals surface area contributed by atoms with E-state index in [0.29, 0.717) is 31.0 Å². The van der Waals surface area contributed by atoms with Gasteiger partial charge in [0.1, 0.15) is 5.82 Å². The molecule has 0 bridgehead atoms. The Morgan fingerprint density at radius 3 is 2.62 bits per heavy atom. The number of β-amino-alcohol motifs (C(OH)–C–C–N with tert-alkyl or cyclic N) is 1. The van der Waals surface area contributed by atoms with Crippen molar-refractivity contribution in [2.45, 2.75) is 19.4 Å². The number of aliphatic hydroxyl groups is 1. The molecular weight excluding hydrogens is 304 g/mol. The quantitative estimate of drug-likeness (QED) is 0.777. The molecule has 4 rings (SSSR count). The molecule has 1 saturated heterocycles. The van der Waals surface area contributed by atoms with Crippen molar-refractivity contribution in [1.82, 2.24) is 14.5 Å². The van der Waals surface area contributed by atoms with E-state index in [1.807, 2.05) is 54.3 Å². The second kappa shape index (κ2) is 5.72. The summed E-state index contributed by atoms with van der Waals surface area (Å²) in [4.78, 5) is 23.6. The molecule has 1 aliphatic heterocycles.